The fraction of sp³-hybridized carbons (Fsp3) is 0.625. The molecule has 0 spiro atoms. The highest BCUT2D eigenvalue weighted by molar-refractivity contribution is 5.76. The van der Waals surface area contributed by atoms with E-state index in [1.165, 1.54) is 4.57 Å². The standard InChI is InChI=1S/C16H24N2O4/c1-12-6-5-7-17(15(12)20)9-14(19)18-8-13(10-21-4)22-16(2,3)11-18/h5-7,13H,8-11H2,1-4H3/t13-/m0/s1. The second-order valence-electron chi connectivity index (χ2n) is 6.35. The number of carbonyl (C=O) groups excluding carboxylic acids is 1. The van der Waals surface area contributed by atoms with Crippen LogP contribution in [-0.2, 0) is 20.8 Å². The minimum absolute atomic E-state index is 0.0519. The summed E-state index contributed by atoms with van der Waals surface area (Å²) in [4.78, 5) is 26.3. The first-order chi connectivity index (χ1) is 10.3. The lowest BCUT2D eigenvalue weighted by atomic mass is 10.1. The van der Waals surface area contributed by atoms with Crippen LogP contribution in [0.3, 0.4) is 0 Å². The van der Waals surface area contributed by atoms with E-state index in [1.54, 1.807) is 37.3 Å². The Hall–Kier alpha value is -1.66. The van der Waals surface area contributed by atoms with Gasteiger partial charge in [-0.25, -0.2) is 0 Å². The number of morpholine rings is 1. The van der Waals surface area contributed by atoms with Crippen LogP contribution < -0.4 is 5.56 Å². The molecule has 2 heterocycles. The third-order valence-electron chi connectivity index (χ3n) is 3.70. The number of rotatable bonds is 4. The molecule has 2 rings (SSSR count). The van der Waals surface area contributed by atoms with E-state index in [1.807, 2.05) is 13.8 Å². The molecular formula is C16H24N2O4. The van der Waals surface area contributed by atoms with Gasteiger partial charge in [-0.2, -0.15) is 0 Å². The van der Waals surface area contributed by atoms with E-state index >= 15 is 0 Å². The zero-order valence-electron chi connectivity index (χ0n) is 13.7. The van der Waals surface area contributed by atoms with Crippen molar-refractivity contribution < 1.29 is 14.3 Å². The normalized spacial score (nSPS) is 20.9. The number of nitrogens with zero attached hydrogens (tertiary/aromatic N) is 2. The first-order valence-electron chi connectivity index (χ1n) is 7.43. The van der Waals surface area contributed by atoms with Gasteiger partial charge in [-0.15, -0.1) is 0 Å². The smallest absolute Gasteiger partial charge is 0.253 e. The minimum atomic E-state index is -0.422. The van der Waals surface area contributed by atoms with Crippen molar-refractivity contribution >= 4 is 5.91 Å². The number of methoxy groups -OCH3 is 1. The molecule has 1 amide bonds. The highest BCUT2D eigenvalue weighted by Gasteiger charge is 2.35. The van der Waals surface area contributed by atoms with Gasteiger partial charge >= 0.3 is 0 Å². The maximum atomic E-state index is 12.5. The van der Waals surface area contributed by atoms with E-state index in [0.29, 0.717) is 25.3 Å². The van der Waals surface area contributed by atoms with Crippen LogP contribution in [0.15, 0.2) is 23.1 Å². The predicted octanol–water partition coefficient (Wildman–Crippen LogP) is 0.809. The Morgan fingerprint density at radius 2 is 2.23 bits per heavy atom. The molecule has 6 heteroatoms. The largest absolute Gasteiger partial charge is 0.382 e. The summed E-state index contributed by atoms with van der Waals surface area (Å²) in [6, 6.07) is 3.52. The summed E-state index contributed by atoms with van der Waals surface area (Å²) < 4.78 is 12.5. The highest BCUT2D eigenvalue weighted by Crippen LogP contribution is 2.21. The molecule has 0 radical (unpaired) electrons. The van der Waals surface area contributed by atoms with Crippen molar-refractivity contribution in [1.29, 1.82) is 0 Å². The molecule has 1 aliphatic rings. The van der Waals surface area contributed by atoms with Crippen LogP contribution in [0.4, 0.5) is 0 Å². The van der Waals surface area contributed by atoms with Gasteiger partial charge in [-0.05, 0) is 26.8 Å². The van der Waals surface area contributed by atoms with Crippen molar-refractivity contribution in [3.8, 4) is 0 Å². The van der Waals surface area contributed by atoms with Gasteiger partial charge in [0.2, 0.25) is 5.91 Å². The zero-order valence-corrected chi connectivity index (χ0v) is 13.7. The van der Waals surface area contributed by atoms with E-state index in [2.05, 4.69) is 0 Å². The van der Waals surface area contributed by atoms with Gasteiger partial charge in [0.15, 0.2) is 0 Å². The topological polar surface area (TPSA) is 60.8 Å². The Morgan fingerprint density at radius 3 is 2.91 bits per heavy atom. The Balaban J connectivity index is 2.11. The molecule has 1 atom stereocenters. The van der Waals surface area contributed by atoms with Crippen molar-refractivity contribution in [1.82, 2.24) is 9.47 Å². The average molecular weight is 308 g/mol. The van der Waals surface area contributed by atoms with E-state index in [-0.39, 0.29) is 24.1 Å². The molecule has 0 N–H and O–H groups in total. The summed E-state index contributed by atoms with van der Waals surface area (Å²) in [5.74, 6) is -0.0785. The number of ether oxygens (including phenoxy) is 2. The Bertz CT molecular complexity index is 594. The van der Waals surface area contributed by atoms with Gasteiger partial charge in [0, 0.05) is 32.0 Å². The molecule has 122 valence electrons. The average Bonchev–Trinajstić information content (AvgIpc) is 2.42. The number of carbonyl (C=O) groups is 1. The molecule has 22 heavy (non-hydrogen) atoms. The van der Waals surface area contributed by atoms with Crippen LogP contribution in [0.25, 0.3) is 0 Å². The summed E-state index contributed by atoms with van der Waals surface area (Å²) in [7, 11) is 1.61. The number of amides is 1. The molecule has 0 aliphatic carbocycles. The lowest BCUT2D eigenvalue weighted by Crippen LogP contribution is -2.56. The van der Waals surface area contributed by atoms with E-state index in [0.717, 1.165) is 0 Å². The Kier molecular flexibility index (Phi) is 5.03. The number of hydrogen-bond acceptors (Lipinski definition) is 4. The highest BCUT2D eigenvalue weighted by atomic mass is 16.5. The van der Waals surface area contributed by atoms with E-state index < -0.39 is 5.60 Å². The van der Waals surface area contributed by atoms with Crippen molar-refractivity contribution in [2.24, 2.45) is 0 Å². The van der Waals surface area contributed by atoms with Crippen LogP contribution in [-0.4, -0.2) is 53.9 Å². The van der Waals surface area contributed by atoms with Gasteiger partial charge in [0.05, 0.1) is 18.3 Å². The molecule has 1 aliphatic heterocycles. The first-order valence-corrected chi connectivity index (χ1v) is 7.43. The molecular weight excluding hydrogens is 284 g/mol. The second kappa shape index (κ2) is 6.62. The molecule has 0 aromatic carbocycles. The fourth-order valence-corrected chi connectivity index (χ4v) is 2.79. The van der Waals surface area contributed by atoms with Crippen molar-refractivity contribution in [2.45, 2.75) is 39.0 Å². The lowest BCUT2D eigenvalue weighted by Gasteiger charge is -2.42. The molecule has 1 fully saturated rings. The van der Waals surface area contributed by atoms with Gasteiger partial charge in [-0.3, -0.25) is 9.59 Å². The monoisotopic (exact) mass is 308 g/mol. The zero-order chi connectivity index (χ0) is 16.3. The van der Waals surface area contributed by atoms with Crippen molar-refractivity contribution in [2.75, 3.05) is 26.8 Å². The minimum Gasteiger partial charge on any atom is -0.382 e. The molecule has 1 aromatic heterocycles. The Labute approximate surface area is 130 Å². The number of aryl methyl sites for hydroxylation is 1. The quantitative estimate of drug-likeness (QED) is 0.826. The molecule has 1 saturated heterocycles. The maximum absolute atomic E-state index is 12.5. The van der Waals surface area contributed by atoms with Gasteiger partial charge < -0.3 is 18.9 Å². The van der Waals surface area contributed by atoms with Crippen LogP contribution >= 0.6 is 0 Å². The van der Waals surface area contributed by atoms with Crippen LogP contribution in [0.5, 0.6) is 0 Å². The number of hydrogen-bond donors (Lipinski definition) is 0. The van der Waals surface area contributed by atoms with Gasteiger partial charge in [-0.1, -0.05) is 6.07 Å². The fourth-order valence-electron chi connectivity index (χ4n) is 2.79. The van der Waals surface area contributed by atoms with E-state index in [4.69, 9.17) is 9.47 Å². The summed E-state index contributed by atoms with van der Waals surface area (Å²) in [6.07, 6.45) is 1.50. The SMILES string of the molecule is COC[C@@H]1CN(C(=O)Cn2cccc(C)c2=O)CC(C)(C)O1. The van der Waals surface area contributed by atoms with Crippen molar-refractivity contribution in [3.05, 3.63) is 34.2 Å². The lowest BCUT2D eigenvalue weighted by molar-refractivity contribution is -0.169. The van der Waals surface area contributed by atoms with Gasteiger partial charge in [0.25, 0.3) is 5.56 Å². The maximum Gasteiger partial charge on any atom is 0.253 e. The van der Waals surface area contributed by atoms with E-state index in [9.17, 15) is 9.59 Å². The Morgan fingerprint density at radius 1 is 1.50 bits per heavy atom. The summed E-state index contributed by atoms with van der Waals surface area (Å²) >= 11 is 0. The van der Waals surface area contributed by atoms with Crippen LogP contribution in [0, 0.1) is 6.92 Å². The van der Waals surface area contributed by atoms with Gasteiger partial charge in [0.1, 0.15) is 6.54 Å². The molecule has 0 bridgehead atoms. The summed E-state index contributed by atoms with van der Waals surface area (Å²) in [6.45, 7) is 7.13. The van der Waals surface area contributed by atoms with Crippen molar-refractivity contribution in [3.63, 3.8) is 0 Å². The number of aromatic nitrogens is 1. The van der Waals surface area contributed by atoms with Crippen LogP contribution in [0.1, 0.15) is 19.4 Å². The third-order valence-corrected chi connectivity index (χ3v) is 3.70. The second-order valence-corrected chi connectivity index (χ2v) is 6.35. The summed E-state index contributed by atoms with van der Waals surface area (Å²) in [5, 5.41) is 0. The summed E-state index contributed by atoms with van der Waals surface area (Å²) in [5.41, 5.74) is 0.0842. The first kappa shape index (κ1) is 16.7. The number of pyridine rings is 1. The molecule has 6 nitrogen and oxygen atoms in total. The third kappa shape index (κ3) is 3.96. The molecule has 1 aromatic rings. The molecule has 0 unspecified atom stereocenters. The predicted molar refractivity (Wildman–Crippen MR) is 82.8 cm³/mol. The molecule has 0 saturated carbocycles. The van der Waals surface area contributed by atoms with Crippen LogP contribution in [0.2, 0.25) is 0 Å².